The fourth-order valence-electron chi connectivity index (χ4n) is 1.64. The lowest BCUT2D eigenvalue weighted by Crippen LogP contribution is -2.18. The van der Waals surface area contributed by atoms with Crippen molar-refractivity contribution >= 4 is 15.6 Å². The monoisotopic (exact) mass is 269 g/mol. The molecule has 4 nitrogen and oxygen atoms in total. The van der Waals surface area contributed by atoms with Gasteiger partial charge >= 0.3 is 0 Å². The van der Waals surface area contributed by atoms with E-state index in [4.69, 9.17) is 0 Å². The largest absolute Gasteiger partial charge is 0.299 e. The molecule has 5 heteroatoms. The highest BCUT2D eigenvalue weighted by molar-refractivity contribution is 7.92. The van der Waals surface area contributed by atoms with Gasteiger partial charge in [0.2, 0.25) is 0 Å². The number of sulfone groups is 1. The summed E-state index contributed by atoms with van der Waals surface area (Å²) in [5.74, 6) is -0.500. The van der Waals surface area contributed by atoms with Crippen molar-refractivity contribution in [3.8, 4) is 0 Å². The SMILES string of the molecule is CCc1cncc(S(=O)(=O)CC(=O)CC(C)C)c1. The lowest BCUT2D eigenvalue weighted by molar-refractivity contribution is -0.117. The summed E-state index contributed by atoms with van der Waals surface area (Å²) in [5, 5.41) is 0. The number of carbonyl (C=O) groups is 1. The minimum absolute atomic E-state index is 0.138. The molecule has 0 unspecified atom stereocenters. The van der Waals surface area contributed by atoms with Crippen molar-refractivity contribution in [2.75, 3.05) is 5.75 Å². The van der Waals surface area contributed by atoms with Gasteiger partial charge in [-0.05, 0) is 24.0 Å². The fraction of sp³-hybridized carbons (Fsp3) is 0.538. The zero-order chi connectivity index (χ0) is 13.8. The molecule has 0 amide bonds. The van der Waals surface area contributed by atoms with Crippen LogP contribution in [-0.2, 0) is 21.1 Å². The van der Waals surface area contributed by atoms with Crippen LogP contribution in [0.25, 0.3) is 0 Å². The molecule has 0 aromatic carbocycles. The molecule has 1 aromatic heterocycles. The van der Waals surface area contributed by atoms with Gasteiger partial charge in [-0.2, -0.15) is 0 Å². The van der Waals surface area contributed by atoms with Crippen molar-refractivity contribution in [2.45, 2.75) is 38.5 Å². The molecule has 0 aliphatic heterocycles. The molecule has 0 aliphatic rings. The quantitative estimate of drug-likeness (QED) is 0.792. The maximum Gasteiger partial charge on any atom is 0.186 e. The molecule has 0 saturated heterocycles. The number of hydrogen-bond donors (Lipinski definition) is 0. The highest BCUT2D eigenvalue weighted by atomic mass is 32.2. The highest BCUT2D eigenvalue weighted by Gasteiger charge is 2.20. The standard InChI is InChI=1S/C13H19NO3S/c1-4-11-6-13(8-14-7-11)18(16,17)9-12(15)5-10(2)3/h6-8,10H,4-5,9H2,1-3H3. The van der Waals surface area contributed by atoms with E-state index in [-0.39, 0.29) is 16.6 Å². The Bertz CT molecular complexity index is 521. The van der Waals surface area contributed by atoms with Crippen LogP contribution < -0.4 is 0 Å². The van der Waals surface area contributed by atoms with Crippen LogP contribution in [0, 0.1) is 5.92 Å². The minimum atomic E-state index is -3.55. The smallest absolute Gasteiger partial charge is 0.186 e. The summed E-state index contributed by atoms with van der Waals surface area (Å²) in [5.41, 5.74) is 0.854. The van der Waals surface area contributed by atoms with E-state index < -0.39 is 15.6 Å². The van der Waals surface area contributed by atoms with Crippen molar-refractivity contribution in [3.05, 3.63) is 24.0 Å². The van der Waals surface area contributed by atoms with Crippen molar-refractivity contribution in [1.82, 2.24) is 4.98 Å². The van der Waals surface area contributed by atoms with Crippen LogP contribution >= 0.6 is 0 Å². The number of aryl methyl sites for hydroxylation is 1. The Hall–Kier alpha value is -1.23. The first-order valence-electron chi connectivity index (χ1n) is 6.03. The molecule has 0 N–H and O–H groups in total. The predicted molar refractivity (Wildman–Crippen MR) is 70.1 cm³/mol. The van der Waals surface area contributed by atoms with Gasteiger partial charge in [-0.15, -0.1) is 0 Å². The number of ketones is 1. The molecule has 100 valence electrons. The van der Waals surface area contributed by atoms with E-state index in [1.165, 1.54) is 6.20 Å². The first-order chi connectivity index (χ1) is 8.35. The molecule has 0 bridgehead atoms. The van der Waals surface area contributed by atoms with E-state index in [0.29, 0.717) is 6.42 Å². The van der Waals surface area contributed by atoms with Gasteiger partial charge in [-0.1, -0.05) is 20.8 Å². The van der Waals surface area contributed by atoms with Crippen molar-refractivity contribution in [2.24, 2.45) is 5.92 Å². The summed E-state index contributed by atoms with van der Waals surface area (Å²) >= 11 is 0. The first kappa shape index (κ1) is 14.8. The number of rotatable bonds is 6. The van der Waals surface area contributed by atoms with Gasteiger partial charge < -0.3 is 0 Å². The van der Waals surface area contributed by atoms with Crippen LogP contribution in [0.4, 0.5) is 0 Å². The van der Waals surface area contributed by atoms with Crippen LogP contribution in [0.2, 0.25) is 0 Å². The molecule has 0 radical (unpaired) electrons. The van der Waals surface area contributed by atoms with Gasteiger partial charge in [-0.25, -0.2) is 8.42 Å². The van der Waals surface area contributed by atoms with Gasteiger partial charge in [0, 0.05) is 18.8 Å². The molecule has 0 atom stereocenters. The van der Waals surface area contributed by atoms with Crippen molar-refractivity contribution in [1.29, 1.82) is 0 Å². The second-order valence-corrected chi connectivity index (χ2v) is 6.77. The van der Waals surface area contributed by atoms with Crippen LogP contribution in [0.3, 0.4) is 0 Å². The molecule has 1 rings (SSSR count). The molecule has 0 fully saturated rings. The maximum atomic E-state index is 12.0. The fourth-order valence-corrected chi connectivity index (χ4v) is 2.90. The summed E-state index contributed by atoms with van der Waals surface area (Å²) in [4.78, 5) is 15.6. The van der Waals surface area contributed by atoms with E-state index in [1.807, 2.05) is 20.8 Å². The summed E-state index contributed by atoms with van der Waals surface area (Å²) in [7, 11) is -3.55. The molecule has 0 saturated carbocycles. The Balaban J connectivity index is 2.89. The van der Waals surface area contributed by atoms with Crippen LogP contribution in [0.1, 0.15) is 32.8 Å². The maximum absolute atomic E-state index is 12.0. The molecule has 0 aliphatic carbocycles. The van der Waals surface area contributed by atoms with Crippen LogP contribution in [0.15, 0.2) is 23.4 Å². The minimum Gasteiger partial charge on any atom is -0.299 e. The van der Waals surface area contributed by atoms with E-state index in [2.05, 4.69) is 4.98 Å². The molecule has 0 spiro atoms. The van der Waals surface area contributed by atoms with E-state index >= 15 is 0 Å². The summed E-state index contributed by atoms with van der Waals surface area (Å²) < 4.78 is 24.1. The molecular formula is C13H19NO3S. The number of aromatic nitrogens is 1. The summed E-state index contributed by atoms with van der Waals surface area (Å²) in [6, 6.07) is 1.59. The lowest BCUT2D eigenvalue weighted by Gasteiger charge is -2.06. The number of carbonyl (C=O) groups excluding carboxylic acids is 1. The van der Waals surface area contributed by atoms with Gasteiger partial charge in [-0.3, -0.25) is 9.78 Å². The number of nitrogens with zero attached hydrogens (tertiary/aromatic N) is 1. The van der Waals surface area contributed by atoms with E-state index in [9.17, 15) is 13.2 Å². The average Bonchev–Trinajstić information content (AvgIpc) is 2.27. The Morgan fingerprint density at radius 2 is 2.00 bits per heavy atom. The Morgan fingerprint density at radius 3 is 2.56 bits per heavy atom. The summed E-state index contributed by atoms with van der Waals surface area (Å²) in [6.07, 6.45) is 3.95. The third kappa shape index (κ3) is 4.22. The third-order valence-corrected chi connectivity index (χ3v) is 4.17. The van der Waals surface area contributed by atoms with Gasteiger partial charge in [0.25, 0.3) is 0 Å². The van der Waals surface area contributed by atoms with E-state index in [1.54, 1.807) is 12.3 Å². The zero-order valence-electron chi connectivity index (χ0n) is 11.0. The Labute approximate surface area is 108 Å². The molecule has 1 aromatic rings. The number of Topliss-reactive ketones (excluding diaryl/α,β-unsaturated/α-hetero) is 1. The van der Waals surface area contributed by atoms with Crippen LogP contribution in [-0.4, -0.2) is 24.9 Å². The average molecular weight is 269 g/mol. The Morgan fingerprint density at radius 1 is 1.33 bits per heavy atom. The third-order valence-electron chi connectivity index (χ3n) is 2.52. The molecule has 18 heavy (non-hydrogen) atoms. The topological polar surface area (TPSA) is 64.1 Å². The molecular weight excluding hydrogens is 250 g/mol. The lowest BCUT2D eigenvalue weighted by atomic mass is 10.1. The Kier molecular flexibility index (Phi) is 5.02. The van der Waals surface area contributed by atoms with Gasteiger partial charge in [0.05, 0.1) is 4.90 Å². The van der Waals surface area contributed by atoms with Crippen molar-refractivity contribution < 1.29 is 13.2 Å². The summed E-state index contributed by atoms with van der Waals surface area (Å²) in [6.45, 7) is 5.71. The number of pyridine rings is 1. The highest BCUT2D eigenvalue weighted by Crippen LogP contribution is 2.13. The second-order valence-electron chi connectivity index (χ2n) is 4.78. The second kappa shape index (κ2) is 6.09. The predicted octanol–water partition coefficient (Wildman–Crippen LogP) is 2.03. The number of hydrogen-bond acceptors (Lipinski definition) is 4. The van der Waals surface area contributed by atoms with Gasteiger partial charge in [0.1, 0.15) is 11.5 Å². The first-order valence-corrected chi connectivity index (χ1v) is 7.68. The van der Waals surface area contributed by atoms with Gasteiger partial charge in [0.15, 0.2) is 9.84 Å². The van der Waals surface area contributed by atoms with Crippen LogP contribution in [0.5, 0.6) is 0 Å². The van der Waals surface area contributed by atoms with Crippen molar-refractivity contribution in [3.63, 3.8) is 0 Å². The normalized spacial score (nSPS) is 11.8. The van der Waals surface area contributed by atoms with E-state index in [0.717, 1.165) is 12.0 Å². The molecule has 1 heterocycles. The zero-order valence-corrected chi connectivity index (χ0v) is 11.8.